The van der Waals surface area contributed by atoms with Gasteiger partial charge in [-0.2, -0.15) is 0 Å². The summed E-state index contributed by atoms with van der Waals surface area (Å²) in [6.45, 7) is 5.33. The van der Waals surface area contributed by atoms with Crippen LogP contribution in [0.4, 0.5) is 0 Å². The molecule has 0 amide bonds. The number of carbonyl (C=O) groups excluding carboxylic acids is 1. The van der Waals surface area contributed by atoms with E-state index in [0.29, 0.717) is 19.8 Å². The molecule has 2 heterocycles. The van der Waals surface area contributed by atoms with Gasteiger partial charge >= 0.3 is 5.97 Å². The Labute approximate surface area is 201 Å². The van der Waals surface area contributed by atoms with Gasteiger partial charge in [0.05, 0.1) is 30.7 Å². The van der Waals surface area contributed by atoms with E-state index in [2.05, 4.69) is 11.9 Å². The van der Waals surface area contributed by atoms with Crippen LogP contribution < -0.4 is 26.5 Å². The van der Waals surface area contributed by atoms with Gasteiger partial charge in [-0.1, -0.05) is 0 Å². The summed E-state index contributed by atoms with van der Waals surface area (Å²) < 4.78 is 16.8. The van der Waals surface area contributed by atoms with Crippen LogP contribution in [0.15, 0.2) is 36.7 Å². The lowest BCUT2D eigenvalue weighted by atomic mass is 9.97. The zero-order chi connectivity index (χ0) is 22.7. The lowest BCUT2D eigenvalue weighted by Crippen LogP contribution is -3.00. The van der Waals surface area contributed by atoms with Crippen molar-refractivity contribution in [1.29, 1.82) is 0 Å². The van der Waals surface area contributed by atoms with E-state index in [0.717, 1.165) is 43.7 Å². The minimum Gasteiger partial charge on any atom is -1.00 e. The van der Waals surface area contributed by atoms with Gasteiger partial charge in [-0.25, -0.2) is 4.79 Å². The number of benzene rings is 2. The van der Waals surface area contributed by atoms with Crippen LogP contribution in [-0.2, 0) is 19.0 Å². The van der Waals surface area contributed by atoms with Crippen molar-refractivity contribution in [2.75, 3.05) is 40.1 Å². The number of esters is 1. The van der Waals surface area contributed by atoms with E-state index in [1.165, 1.54) is 4.73 Å². The van der Waals surface area contributed by atoms with E-state index in [4.69, 9.17) is 19.0 Å². The van der Waals surface area contributed by atoms with E-state index >= 15 is 0 Å². The van der Waals surface area contributed by atoms with Crippen LogP contribution in [0.3, 0.4) is 0 Å². The smallest absolute Gasteiger partial charge is 0.351 e. The first-order valence-corrected chi connectivity index (χ1v) is 10.4. The summed E-state index contributed by atoms with van der Waals surface area (Å²) >= 11 is 0. The van der Waals surface area contributed by atoms with E-state index < -0.39 is 5.97 Å². The Hall–Kier alpha value is -2.88. The van der Waals surface area contributed by atoms with E-state index in [-0.39, 0.29) is 35.9 Å². The molecule has 33 heavy (non-hydrogen) atoms. The van der Waals surface area contributed by atoms with Crippen molar-refractivity contribution < 1.29 is 50.7 Å². The molecule has 4 aromatic rings. The third-order valence-corrected chi connectivity index (χ3v) is 5.53. The third kappa shape index (κ3) is 5.21. The molecular formula is C24H27BrN2O6. The molecule has 8 nitrogen and oxygen atoms in total. The number of rotatable bonds is 9. The Morgan fingerprint density at radius 1 is 1.03 bits per heavy atom. The number of hydrogen-bond acceptors (Lipinski definition) is 6. The van der Waals surface area contributed by atoms with Gasteiger partial charge in [0, 0.05) is 34.2 Å². The number of H-pyrrole nitrogens is 1. The number of fused-ring (bicyclic) bond motifs is 4. The molecule has 0 bridgehead atoms. The van der Waals surface area contributed by atoms with Crippen molar-refractivity contribution in [2.24, 2.45) is 0 Å². The van der Waals surface area contributed by atoms with Crippen molar-refractivity contribution in [1.82, 2.24) is 4.98 Å². The topological polar surface area (TPSA) is 93.9 Å². The SMILES string of the molecule is COCCOCCOC(=O)CO[n+]1ccc2c(C)c3[nH]c4ccc(O)cc4c3c(C)c2c1.[Br-]. The van der Waals surface area contributed by atoms with Crippen LogP contribution in [0.5, 0.6) is 5.75 Å². The first kappa shape index (κ1) is 24.8. The van der Waals surface area contributed by atoms with E-state index in [9.17, 15) is 9.90 Å². The monoisotopic (exact) mass is 518 g/mol. The predicted octanol–water partition coefficient (Wildman–Crippen LogP) is -0.277. The molecule has 0 fully saturated rings. The maximum absolute atomic E-state index is 11.9. The lowest BCUT2D eigenvalue weighted by Gasteiger charge is -2.08. The zero-order valence-corrected chi connectivity index (χ0v) is 20.4. The van der Waals surface area contributed by atoms with Gasteiger partial charge < -0.3 is 41.3 Å². The number of aromatic nitrogens is 2. The highest BCUT2D eigenvalue weighted by Gasteiger charge is 2.18. The second-order valence-corrected chi connectivity index (χ2v) is 7.59. The quantitative estimate of drug-likeness (QED) is 0.180. The summed E-state index contributed by atoms with van der Waals surface area (Å²) in [6.07, 6.45) is 3.64. The van der Waals surface area contributed by atoms with Crippen LogP contribution in [-0.4, -0.2) is 56.2 Å². The molecule has 2 aromatic carbocycles. The molecule has 2 N–H and O–H groups in total. The normalized spacial score (nSPS) is 11.1. The average Bonchev–Trinajstić information content (AvgIpc) is 3.17. The van der Waals surface area contributed by atoms with Gasteiger partial charge in [0.25, 0.3) is 6.61 Å². The second kappa shape index (κ2) is 10.8. The van der Waals surface area contributed by atoms with Crippen LogP contribution >= 0.6 is 0 Å². The number of methoxy groups -OCH3 is 1. The molecule has 176 valence electrons. The number of pyridine rings is 1. The number of aromatic hydroxyl groups is 1. The van der Waals surface area contributed by atoms with Gasteiger partial charge in [0.1, 0.15) is 12.4 Å². The van der Waals surface area contributed by atoms with Gasteiger partial charge in [0.15, 0.2) is 0 Å². The molecule has 0 atom stereocenters. The largest absolute Gasteiger partial charge is 1.00 e. The molecule has 0 aliphatic rings. The summed E-state index contributed by atoms with van der Waals surface area (Å²) in [5.41, 5.74) is 4.19. The lowest BCUT2D eigenvalue weighted by molar-refractivity contribution is -0.888. The van der Waals surface area contributed by atoms with Crippen molar-refractivity contribution in [3.8, 4) is 5.75 Å². The standard InChI is InChI=1S/C24H26N2O6.BrH/c1-15-20-13-26(32-14-22(28)31-11-10-30-9-8-29-3)7-6-18(20)16(2)24-23(15)19-12-17(27)4-5-21(19)25-24;/h4-7,12-13,27H,8-11,14H2,1-3H3;1H. The molecule has 0 unspecified atom stereocenters. The summed E-state index contributed by atoms with van der Waals surface area (Å²) in [5, 5.41) is 14.1. The Morgan fingerprint density at radius 3 is 2.61 bits per heavy atom. The number of ether oxygens (including phenoxy) is 3. The zero-order valence-electron chi connectivity index (χ0n) is 18.8. The van der Waals surface area contributed by atoms with Crippen LogP contribution in [0.1, 0.15) is 11.1 Å². The molecule has 0 aliphatic heterocycles. The molecule has 0 spiro atoms. The van der Waals surface area contributed by atoms with Crippen molar-refractivity contribution in [3.05, 3.63) is 47.8 Å². The fraction of sp³-hybridized carbons (Fsp3) is 0.333. The number of nitrogens with zero attached hydrogens (tertiary/aromatic N) is 1. The van der Waals surface area contributed by atoms with Crippen LogP contribution in [0.2, 0.25) is 0 Å². The van der Waals surface area contributed by atoms with E-state index in [1.807, 2.05) is 25.3 Å². The van der Waals surface area contributed by atoms with Crippen molar-refractivity contribution in [3.63, 3.8) is 0 Å². The third-order valence-electron chi connectivity index (χ3n) is 5.53. The number of hydrogen-bond donors (Lipinski definition) is 2. The number of carbonyl (C=O) groups is 1. The summed E-state index contributed by atoms with van der Waals surface area (Å²) in [6, 6.07) is 7.30. The summed E-state index contributed by atoms with van der Waals surface area (Å²) in [7, 11) is 1.60. The maximum atomic E-state index is 11.9. The van der Waals surface area contributed by atoms with Gasteiger partial charge in [-0.15, -0.1) is 0 Å². The second-order valence-electron chi connectivity index (χ2n) is 7.59. The maximum Gasteiger partial charge on any atom is 0.351 e. The van der Waals surface area contributed by atoms with Crippen LogP contribution in [0.25, 0.3) is 32.6 Å². The van der Waals surface area contributed by atoms with Crippen molar-refractivity contribution >= 4 is 38.5 Å². The Morgan fingerprint density at radius 2 is 1.82 bits per heavy atom. The molecule has 4 rings (SSSR count). The van der Waals surface area contributed by atoms with Crippen molar-refractivity contribution in [2.45, 2.75) is 13.8 Å². The molecule has 0 radical (unpaired) electrons. The minimum absolute atomic E-state index is 0. The number of nitrogens with one attached hydrogen (secondary N) is 1. The van der Waals surface area contributed by atoms with Crippen LogP contribution in [0, 0.1) is 13.8 Å². The van der Waals surface area contributed by atoms with Gasteiger partial charge in [0.2, 0.25) is 12.4 Å². The Balaban J connectivity index is 0.00000306. The Bertz CT molecular complexity index is 1290. The minimum atomic E-state index is -0.469. The molecule has 0 saturated heterocycles. The fourth-order valence-electron chi connectivity index (χ4n) is 3.93. The number of phenolic OH excluding ortho intramolecular Hbond substituents is 1. The summed E-state index contributed by atoms with van der Waals surface area (Å²) in [5.74, 6) is -0.243. The number of aryl methyl sites for hydroxylation is 2. The molecule has 9 heteroatoms. The highest BCUT2D eigenvalue weighted by atomic mass is 79.9. The fourth-order valence-corrected chi connectivity index (χ4v) is 3.93. The Kier molecular flexibility index (Phi) is 8.12. The van der Waals surface area contributed by atoms with Gasteiger partial charge in [-0.3, -0.25) is 4.84 Å². The molecular weight excluding hydrogens is 492 g/mol. The predicted molar refractivity (Wildman–Crippen MR) is 120 cm³/mol. The van der Waals surface area contributed by atoms with E-state index in [1.54, 1.807) is 25.4 Å². The average molecular weight is 519 g/mol. The number of aromatic amines is 1. The first-order valence-electron chi connectivity index (χ1n) is 10.4. The molecule has 0 aliphatic carbocycles. The molecule has 2 aromatic heterocycles. The molecule has 0 saturated carbocycles. The highest BCUT2D eigenvalue weighted by Crippen LogP contribution is 2.36. The highest BCUT2D eigenvalue weighted by molar-refractivity contribution is 6.16. The number of halogens is 1. The summed E-state index contributed by atoms with van der Waals surface area (Å²) in [4.78, 5) is 21.0. The van der Waals surface area contributed by atoms with Gasteiger partial charge in [-0.05, 0) is 48.6 Å². The number of phenols is 1. The first-order chi connectivity index (χ1) is 15.5.